The van der Waals surface area contributed by atoms with Gasteiger partial charge in [-0.1, -0.05) is 30.3 Å². The van der Waals surface area contributed by atoms with E-state index in [0.29, 0.717) is 0 Å². The minimum Gasteiger partial charge on any atom is -0.356 e. The lowest BCUT2D eigenvalue weighted by atomic mass is 10.2. The summed E-state index contributed by atoms with van der Waals surface area (Å²) in [6.45, 7) is 3.02. The van der Waals surface area contributed by atoms with Crippen LogP contribution >= 0.6 is 0 Å². The summed E-state index contributed by atoms with van der Waals surface area (Å²) in [5, 5.41) is 0. The average molecular weight is 173 g/mol. The molecule has 1 radical (unpaired) electrons. The molecular formula is C11H13N2. The van der Waals surface area contributed by atoms with Gasteiger partial charge in [-0.2, -0.15) is 0 Å². The molecule has 0 bridgehead atoms. The largest absolute Gasteiger partial charge is 0.356 e. The van der Waals surface area contributed by atoms with Crippen molar-refractivity contribution in [2.45, 2.75) is 6.54 Å². The molecule has 0 saturated heterocycles. The van der Waals surface area contributed by atoms with Gasteiger partial charge in [0.2, 0.25) is 0 Å². The van der Waals surface area contributed by atoms with E-state index in [1.807, 2.05) is 24.2 Å². The third kappa shape index (κ3) is 2.02. The van der Waals surface area contributed by atoms with Crippen molar-refractivity contribution in [1.82, 2.24) is 9.80 Å². The van der Waals surface area contributed by atoms with Crippen molar-refractivity contribution >= 4 is 0 Å². The predicted octanol–water partition coefficient (Wildman–Crippen LogP) is 2.02. The molecule has 0 fully saturated rings. The minimum atomic E-state index is 0.946. The van der Waals surface area contributed by atoms with Gasteiger partial charge in [-0.05, 0) is 5.56 Å². The second-order valence-electron chi connectivity index (χ2n) is 3.24. The quantitative estimate of drug-likeness (QED) is 0.675. The number of hydrogen-bond acceptors (Lipinski definition) is 2. The molecular weight excluding hydrogens is 160 g/mol. The Labute approximate surface area is 79.1 Å². The third-order valence-corrected chi connectivity index (χ3v) is 2.03. The van der Waals surface area contributed by atoms with Crippen LogP contribution < -0.4 is 0 Å². The van der Waals surface area contributed by atoms with Gasteiger partial charge in [0.15, 0.2) is 0 Å². The molecule has 1 aromatic carbocycles. The molecule has 1 aliphatic rings. The molecule has 67 valence electrons. The highest BCUT2D eigenvalue weighted by atomic mass is 15.3. The summed E-state index contributed by atoms with van der Waals surface area (Å²) in [6, 6.07) is 10.5. The van der Waals surface area contributed by atoms with Crippen LogP contribution in [0.3, 0.4) is 0 Å². The molecule has 0 unspecified atom stereocenters. The van der Waals surface area contributed by atoms with Crippen LogP contribution in [0.4, 0.5) is 0 Å². The zero-order valence-corrected chi connectivity index (χ0v) is 7.72. The van der Waals surface area contributed by atoms with Crippen LogP contribution in [-0.2, 0) is 6.54 Å². The first kappa shape index (κ1) is 8.17. The fourth-order valence-electron chi connectivity index (χ4n) is 1.39. The Bertz CT molecular complexity index is 292. The molecule has 0 N–H and O–H groups in total. The normalized spacial score (nSPS) is 15.5. The Morgan fingerprint density at radius 1 is 1.08 bits per heavy atom. The van der Waals surface area contributed by atoms with Crippen LogP contribution in [0.15, 0.2) is 42.7 Å². The molecule has 1 aromatic rings. The molecule has 1 aliphatic heterocycles. The highest BCUT2D eigenvalue weighted by Crippen LogP contribution is 2.12. The molecule has 2 heteroatoms. The summed E-state index contributed by atoms with van der Waals surface area (Å²) in [7, 11) is 2.03. The smallest absolute Gasteiger partial charge is 0.141 e. The van der Waals surface area contributed by atoms with E-state index in [1.54, 1.807) is 0 Å². The van der Waals surface area contributed by atoms with Crippen molar-refractivity contribution in [3.63, 3.8) is 0 Å². The number of rotatable bonds is 2. The van der Waals surface area contributed by atoms with Gasteiger partial charge >= 0.3 is 0 Å². The van der Waals surface area contributed by atoms with Gasteiger partial charge in [-0.3, -0.25) is 0 Å². The lowest BCUT2D eigenvalue weighted by molar-refractivity contribution is 0.374. The van der Waals surface area contributed by atoms with Crippen molar-refractivity contribution in [3.05, 3.63) is 55.0 Å². The van der Waals surface area contributed by atoms with Crippen LogP contribution in [0.2, 0.25) is 0 Å². The average Bonchev–Trinajstić information content (AvgIpc) is 2.53. The van der Waals surface area contributed by atoms with Gasteiger partial charge in [0.05, 0.1) is 0 Å². The molecule has 2 rings (SSSR count). The minimum absolute atomic E-state index is 0.946. The van der Waals surface area contributed by atoms with E-state index in [2.05, 4.69) is 42.0 Å². The van der Waals surface area contributed by atoms with Crippen LogP contribution in [0, 0.1) is 6.67 Å². The van der Waals surface area contributed by atoms with Gasteiger partial charge in [-0.15, -0.1) is 0 Å². The Kier molecular flexibility index (Phi) is 2.21. The maximum atomic E-state index is 2.16. The fraction of sp³-hybridized carbons (Fsp3) is 0.182. The third-order valence-electron chi connectivity index (χ3n) is 2.03. The van der Waals surface area contributed by atoms with Crippen LogP contribution in [0.25, 0.3) is 0 Å². The van der Waals surface area contributed by atoms with Gasteiger partial charge in [-0.25, -0.2) is 0 Å². The fourth-order valence-corrected chi connectivity index (χ4v) is 1.39. The Morgan fingerprint density at radius 2 is 1.85 bits per heavy atom. The molecule has 0 aliphatic carbocycles. The first-order chi connectivity index (χ1) is 6.34. The molecule has 13 heavy (non-hydrogen) atoms. The van der Waals surface area contributed by atoms with E-state index < -0.39 is 0 Å². The zero-order chi connectivity index (χ0) is 9.10. The summed E-state index contributed by atoms with van der Waals surface area (Å²) in [6.07, 6.45) is 4.12. The number of benzene rings is 1. The topological polar surface area (TPSA) is 6.48 Å². The Morgan fingerprint density at radius 3 is 2.46 bits per heavy atom. The molecule has 2 nitrogen and oxygen atoms in total. The summed E-state index contributed by atoms with van der Waals surface area (Å²) in [5.74, 6) is 0. The van der Waals surface area contributed by atoms with Crippen LogP contribution in [0.1, 0.15) is 5.56 Å². The number of hydrogen-bond donors (Lipinski definition) is 0. The second kappa shape index (κ2) is 3.52. The molecule has 0 atom stereocenters. The van der Waals surface area contributed by atoms with Crippen LogP contribution in [0.5, 0.6) is 0 Å². The summed E-state index contributed by atoms with van der Waals surface area (Å²) in [4.78, 5) is 4.21. The van der Waals surface area contributed by atoms with Crippen molar-refractivity contribution in [2.24, 2.45) is 0 Å². The monoisotopic (exact) mass is 173 g/mol. The van der Waals surface area contributed by atoms with Crippen molar-refractivity contribution in [3.8, 4) is 0 Å². The van der Waals surface area contributed by atoms with Gasteiger partial charge in [0, 0.05) is 26.0 Å². The molecule has 1 heterocycles. The maximum Gasteiger partial charge on any atom is 0.141 e. The number of nitrogens with zero attached hydrogens (tertiary/aromatic N) is 2. The van der Waals surface area contributed by atoms with Crippen LogP contribution in [-0.4, -0.2) is 16.8 Å². The molecule has 0 saturated carbocycles. The van der Waals surface area contributed by atoms with E-state index in [1.165, 1.54) is 5.56 Å². The maximum absolute atomic E-state index is 2.16. The standard InChI is InChI=1S/C11H13N2/c1-12-7-8-13(10-12)9-11-5-3-2-4-6-11/h2-8,10H,9H2,1H3. The highest BCUT2D eigenvalue weighted by molar-refractivity contribution is 5.15. The lowest BCUT2D eigenvalue weighted by Crippen LogP contribution is -2.15. The highest BCUT2D eigenvalue weighted by Gasteiger charge is 2.08. The summed E-state index contributed by atoms with van der Waals surface area (Å²) < 4.78 is 0. The van der Waals surface area contributed by atoms with Gasteiger partial charge < -0.3 is 9.80 Å². The predicted molar refractivity (Wildman–Crippen MR) is 53.2 cm³/mol. The van der Waals surface area contributed by atoms with Crippen molar-refractivity contribution in [2.75, 3.05) is 7.05 Å². The van der Waals surface area contributed by atoms with Crippen molar-refractivity contribution < 1.29 is 0 Å². The Hall–Kier alpha value is -1.44. The summed E-state index contributed by atoms with van der Waals surface area (Å²) in [5.41, 5.74) is 1.33. The van der Waals surface area contributed by atoms with E-state index in [0.717, 1.165) is 6.54 Å². The second-order valence-corrected chi connectivity index (χ2v) is 3.24. The lowest BCUT2D eigenvalue weighted by Gasteiger charge is -2.16. The first-order valence-electron chi connectivity index (χ1n) is 4.39. The first-order valence-corrected chi connectivity index (χ1v) is 4.39. The SMILES string of the molecule is CN1[CH]N(Cc2ccccc2)C=C1. The summed E-state index contributed by atoms with van der Waals surface area (Å²) >= 11 is 0. The van der Waals surface area contributed by atoms with E-state index >= 15 is 0 Å². The zero-order valence-electron chi connectivity index (χ0n) is 7.72. The van der Waals surface area contributed by atoms with Gasteiger partial charge in [0.1, 0.15) is 6.67 Å². The van der Waals surface area contributed by atoms with Gasteiger partial charge in [0.25, 0.3) is 0 Å². The molecule has 0 spiro atoms. The Balaban J connectivity index is 1.96. The van der Waals surface area contributed by atoms with E-state index in [4.69, 9.17) is 0 Å². The molecule has 0 aromatic heterocycles. The molecule has 0 amide bonds. The van der Waals surface area contributed by atoms with E-state index in [-0.39, 0.29) is 0 Å². The van der Waals surface area contributed by atoms with Crippen molar-refractivity contribution in [1.29, 1.82) is 0 Å². The van der Waals surface area contributed by atoms with E-state index in [9.17, 15) is 0 Å².